The summed E-state index contributed by atoms with van der Waals surface area (Å²) in [5.41, 5.74) is 18.2. The quantitative estimate of drug-likeness (QED) is 0.164. The summed E-state index contributed by atoms with van der Waals surface area (Å²) in [6, 6.07) is 78.7. The fourth-order valence-corrected chi connectivity index (χ4v) is 10.6. The molecule has 1 aromatic heterocycles. The van der Waals surface area contributed by atoms with Crippen LogP contribution in [0.1, 0.15) is 22.3 Å². The zero-order chi connectivity index (χ0) is 38.7. The Morgan fingerprint density at radius 1 is 0.271 bits per heavy atom. The van der Waals surface area contributed by atoms with Crippen molar-refractivity contribution >= 4 is 43.2 Å². The SMILES string of the molecule is c1ccc2c(c1)-c1ccccc1C21c2ccccc2-c2cc3c(-c4ccc(-c5ccc6ccc(-c7ccc8ccccc8c7)cc6c5)cc4)nc4ccccc4c3cc21. The molecule has 11 aromatic rings. The van der Waals surface area contributed by atoms with Gasteiger partial charge in [-0.1, -0.05) is 176 Å². The van der Waals surface area contributed by atoms with E-state index in [4.69, 9.17) is 4.98 Å². The molecule has 0 amide bonds. The van der Waals surface area contributed by atoms with E-state index in [0.717, 1.165) is 16.8 Å². The summed E-state index contributed by atoms with van der Waals surface area (Å²) in [6.45, 7) is 0. The van der Waals surface area contributed by atoms with Gasteiger partial charge in [0.2, 0.25) is 0 Å². The van der Waals surface area contributed by atoms with E-state index in [-0.39, 0.29) is 0 Å². The fraction of sp³-hybridized carbons (Fsp3) is 0.0172. The molecule has 10 aromatic carbocycles. The van der Waals surface area contributed by atoms with Gasteiger partial charge < -0.3 is 0 Å². The Kier molecular flexibility index (Phi) is 6.71. The zero-order valence-electron chi connectivity index (χ0n) is 32.2. The van der Waals surface area contributed by atoms with Crippen molar-refractivity contribution in [1.29, 1.82) is 0 Å². The second-order valence-electron chi connectivity index (χ2n) is 16.2. The number of para-hydroxylation sites is 1. The van der Waals surface area contributed by atoms with Gasteiger partial charge in [0, 0.05) is 16.3 Å². The molecule has 1 heterocycles. The topological polar surface area (TPSA) is 12.9 Å². The Morgan fingerprint density at radius 3 is 1.41 bits per heavy atom. The number of fused-ring (bicyclic) bond motifs is 15. The Balaban J connectivity index is 0.961. The average Bonchev–Trinajstić information content (AvgIpc) is 3.77. The molecular weight excluding hydrogens is 711 g/mol. The van der Waals surface area contributed by atoms with Gasteiger partial charge in [-0.15, -0.1) is 0 Å². The standard InChI is InChI=1S/C58H35N/c1-2-12-40-31-42(29-23-36(40)11-1)43-30-25-38-24-28-41(32-44(38)33-43)37-21-26-39(27-22-37)57-51-34-50-47-15-5-9-19-54(47)58(55(50)35-49(51)48-16-6-10-20-56(48)59-57)52-17-7-3-13-45(52)46-14-4-8-18-53(46)58/h1-35H. The summed E-state index contributed by atoms with van der Waals surface area (Å²) in [7, 11) is 0. The first-order valence-corrected chi connectivity index (χ1v) is 20.5. The highest BCUT2D eigenvalue weighted by Crippen LogP contribution is 2.63. The number of hydrogen-bond acceptors (Lipinski definition) is 1. The molecule has 2 aliphatic carbocycles. The molecule has 0 radical (unpaired) electrons. The van der Waals surface area contributed by atoms with E-state index < -0.39 is 5.41 Å². The molecule has 0 bridgehead atoms. The minimum Gasteiger partial charge on any atom is -0.247 e. The lowest BCUT2D eigenvalue weighted by atomic mass is 9.70. The Morgan fingerprint density at radius 2 is 0.746 bits per heavy atom. The van der Waals surface area contributed by atoms with Gasteiger partial charge in [-0.25, -0.2) is 4.98 Å². The third kappa shape index (κ3) is 4.59. The van der Waals surface area contributed by atoms with E-state index >= 15 is 0 Å². The van der Waals surface area contributed by atoms with E-state index in [1.165, 1.54) is 104 Å². The Hall–Kier alpha value is -7.61. The number of rotatable bonds is 3. The van der Waals surface area contributed by atoms with E-state index in [2.05, 4.69) is 212 Å². The smallest absolute Gasteiger partial charge is 0.0788 e. The van der Waals surface area contributed by atoms with Crippen LogP contribution < -0.4 is 0 Å². The molecule has 0 saturated carbocycles. The predicted molar refractivity (Wildman–Crippen MR) is 247 cm³/mol. The van der Waals surface area contributed by atoms with Crippen LogP contribution in [0.2, 0.25) is 0 Å². The first-order chi connectivity index (χ1) is 29.2. The zero-order valence-corrected chi connectivity index (χ0v) is 32.2. The second-order valence-corrected chi connectivity index (χ2v) is 16.2. The van der Waals surface area contributed by atoms with Crippen LogP contribution in [-0.4, -0.2) is 4.98 Å². The van der Waals surface area contributed by atoms with Gasteiger partial charge in [0.25, 0.3) is 0 Å². The second kappa shape index (κ2) is 12.2. The van der Waals surface area contributed by atoms with Gasteiger partial charge in [-0.05, 0) is 130 Å². The summed E-state index contributed by atoms with van der Waals surface area (Å²) in [5.74, 6) is 0. The van der Waals surface area contributed by atoms with E-state index in [9.17, 15) is 0 Å². The molecule has 272 valence electrons. The highest BCUT2D eigenvalue weighted by atomic mass is 14.7. The molecule has 59 heavy (non-hydrogen) atoms. The predicted octanol–water partition coefficient (Wildman–Crippen LogP) is 15.0. The molecule has 0 aliphatic heterocycles. The van der Waals surface area contributed by atoms with Crippen molar-refractivity contribution in [3.63, 3.8) is 0 Å². The number of nitrogens with zero attached hydrogens (tertiary/aromatic N) is 1. The summed E-state index contributed by atoms with van der Waals surface area (Å²) < 4.78 is 0. The van der Waals surface area contributed by atoms with Crippen LogP contribution in [0.15, 0.2) is 212 Å². The number of aromatic nitrogens is 1. The Bertz CT molecular complexity index is 3510. The summed E-state index contributed by atoms with van der Waals surface area (Å²) >= 11 is 0. The highest BCUT2D eigenvalue weighted by Gasteiger charge is 2.51. The lowest BCUT2D eigenvalue weighted by molar-refractivity contribution is 0.795. The summed E-state index contributed by atoms with van der Waals surface area (Å²) in [4.78, 5) is 5.42. The number of benzene rings is 10. The van der Waals surface area contributed by atoms with Crippen molar-refractivity contribution in [1.82, 2.24) is 4.98 Å². The molecule has 0 fully saturated rings. The summed E-state index contributed by atoms with van der Waals surface area (Å²) in [6.07, 6.45) is 0. The van der Waals surface area contributed by atoms with E-state index in [1.807, 2.05) is 0 Å². The molecule has 1 heteroatoms. The fourth-order valence-electron chi connectivity index (χ4n) is 10.6. The molecule has 0 N–H and O–H groups in total. The molecule has 13 rings (SSSR count). The van der Waals surface area contributed by atoms with Crippen LogP contribution in [-0.2, 0) is 5.41 Å². The summed E-state index contributed by atoms with van der Waals surface area (Å²) in [5, 5.41) is 8.58. The minimum atomic E-state index is -0.393. The van der Waals surface area contributed by atoms with Gasteiger partial charge in [-0.3, -0.25) is 0 Å². The Labute approximate surface area is 342 Å². The van der Waals surface area contributed by atoms with Crippen molar-refractivity contribution in [2.75, 3.05) is 0 Å². The van der Waals surface area contributed by atoms with Gasteiger partial charge in [0.15, 0.2) is 0 Å². The number of pyridine rings is 1. The number of hydrogen-bond donors (Lipinski definition) is 0. The normalized spacial score (nSPS) is 13.2. The first-order valence-electron chi connectivity index (χ1n) is 20.5. The first kappa shape index (κ1) is 32.5. The van der Waals surface area contributed by atoms with E-state index in [1.54, 1.807) is 0 Å². The van der Waals surface area contributed by atoms with Gasteiger partial charge in [-0.2, -0.15) is 0 Å². The maximum atomic E-state index is 5.42. The van der Waals surface area contributed by atoms with Gasteiger partial charge >= 0.3 is 0 Å². The molecule has 2 aliphatic rings. The maximum absolute atomic E-state index is 5.42. The monoisotopic (exact) mass is 745 g/mol. The minimum absolute atomic E-state index is 0.393. The molecule has 1 nitrogen and oxygen atoms in total. The van der Waals surface area contributed by atoms with Gasteiger partial charge in [0.1, 0.15) is 0 Å². The van der Waals surface area contributed by atoms with Crippen LogP contribution in [0.25, 0.3) is 99.0 Å². The lowest BCUT2D eigenvalue weighted by Crippen LogP contribution is -2.25. The maximum Gasteiger partial charge on any atom is 0.0788 e. The average molecular weight is 746 g/mol. The molecule has 1 spiro atoms. The van der Waals surface area contributed by atoms with Crippen molar-refractivity contribution in [3.8, 4) is 55.8 Å². The van der Waals surface area contributed by atoms with Gasteiger partial charge in [0.05, 0.1) is 16.6 Å². The molecule has 0 atom stereocenters. The molecule has 0 unspecified atom stereocenters. The molecule has 0 saturated heterocycles. The van der Waals surface area contributed by atoms with Crippen molar-refractivity contribution in [2.45, 2.75) is 5.41 Å². The van der Waals surface area contributed by atoms with Crippen LogP contribution in [0.4, 0.5) is 0 Å². The van der Waals surface area contributed by atoms with Crippen molar-refractivity contribution < 1.29 is 0 Å². The lowest BCUT2D eigenvalue weighted by Gasteiger charge is -2.30. The van der Waals surface area contributed by atoms with E-state index in [0.29, 0.717) is 0 Å². The highest BCUT2D eigenvalue weighted by molar-refractivity contribution is 6.14. The third-order valence-corrected chi connectivity index (χ3v) is 13.2. The van der Waals surface area contributed by atoms with Crippen LogP contribution in [0.5, 0.6) is 0 Å². The van der Waals surface area contributed by atoms with Crippen LogP contribution in [0, 0.1) is 0 Å². The van der Waals surface area contributed by atoms with Crippen molar-refractivity contribution in [2.24, 2.45) is 0 Å². The molecular formula is C58H35N. The largest absolute Gasteiger partial charge is 0.247 e. The van der Waals surface area contributed by atoms with Crippen LogP contribution in [0.3, 0.4) is 0 Å². The third-order valence-electron chi connectivity index (χ3n) is 13.2. The van der Waals surface area contributed by atoms with Crippen LogP contribution >= 0.6 is 0 Å². The van der Waals surface area contributed by atoms with Crippen molar-refractivity contribution in [3.05, 3.63) is 235 Å².